The Labute approximate surface area is 149 Å². The number of aromatic nitrogens is 2. The molecular weight excluding hydrogens is 314 g/mol. The predicted octanol–water partition coefficient (Wildman–Crippen LogP) is 3.09. The van der Waals surface area contributed by atoms with Crippen molar-refractivity contribution < 1.29 is 4.74 Å². The van der Waals surface area contributed by atoms with E-state index < -0.39 is 0 Å². The summed E-state index contributed by atoms with van der Waals surface area (Å²) in [6.07, 6.45) is 1.59. The van der Waals surface area contributed by atoms with E-state index in [0.29, 0.717) is 5.92 Å². The zero-order chi connectivity index (χ0) is 17.5. The third-order valence-corrected chi connectivity index (χ3v) is 4.35. The van der Waals surface area contributed by atoms with Gasteiger partial charge in [-0.25, -0.2) is 9.97 Å². The molecule has 0 atom stereocenters. The first-order chi connectivity index (χ1) is 12.2. The Hall–Kier alpha value is -2.18. The number of hydrogen-bond donors (Lipinski definition) is 2. The van der Waals surface area contributed by atoms with Crippen LogP contribution in [-0.4, -0.2) is 54.3 Å². The molecular formula is C19H27N5O. The number of morpholine rings is 1. The number of hydrogen-bond acceptors (Lipinski definition) is 6. The van der Waals surface area contributed by atoms with Crippen LogP contribution in [0.4, 0.5) is 17.3 Å². The van der Waals surface area contributed by atoms with Gasteiger partial charge in [0, 0.05) is 37.9 Å². The first kappa shape index (κ1) is 17.6. The molecule has 0 aliphatic carbocycles. The van der Waals surface area contributed by atoms with Crippen LogP contribution in [0.1, 0.15) is 25.3 Å². The summed E-state index contributed by atoms with van der Waals surface area (Å²) in [4.78, 5) is 11.1. The van der Waals surface area contributed by atoms with Gasteiger partial charge in [-0.2, -0.15) is 0 Å². The van der Waals surface area contributed by atoms with Gasteiger partial charge in [0.2, 0.25) is 0 Å². The first-order valence-corrected chi connectivity index (χ1v) is 8.94. The molecule has 1 aliphatic rings. The Bertz CT molecular complexity index is 670. The maximum absolute atomic E-state index is 5.37. The lowest BCUT2D eigenvalue weighted by molar-refractivity contribution is 0.0398. The summed E-state index contributed by atoms with van der Waals surface area (Å²) in [6.45, 7) is 9.91. The van der Waals surface area contributed by atoms with Crippen molar-refractivity contribution in [1.29, 1.82) is 0 Å². The minimum absolute atomic E-state index is 0.455. The lowest BCUT2D eigenvalue weighted by Gasteiger charge is -2.26. The summed E-state index contributed by atoms with van der Waals surface area (Å²) in [7, 11) is 0. The zero-order valence-corrected chi connectivity index (χ0v) is 15.0. The highest BCUT2D eigenvalue weighted by Crippen LogP contribution is 2.26. The van der Waals surface area contributed by atoms with Gasteiger partial charge in [0.05, 0.1) is 13.2 Å². The van der Waals surface area contributed by atoms with Crippen LogP contribution >= 0.6 is 0 Å². The highest BCUT2D eigenvalue weighted by molar-refractivity contribution is 5.63. The second-order valence-electron chi connectivity index (χ2n) is 6.54. The quantitative estimate of drug-likeness (QED) is 0.807. The van der Waals surface area contributed by atoms with Crippen LogP contribution in [-0.2, 0) is 4.74 Å². The second-order valence-corrected chi connectivity index (χ2v) is 6.54. The average Bonchev–Trinajstić information content (AvgIpc) is 2.63. The third-order valence-electron chi connectivity index (χ3n) is 4.35. The minimum atomic E-state index is 0.455. The van der Waals surface area contributed by atoms with E-state index in [1.54, 1.807) is 6.33 Å². The Morgan fingerprint density at radius 3 is 2.68 bits per heavy atom. The van der Waals surface area contributed by atoms with E-state index in [9.17, 15) is 0 Å². The van der Waals surface area contributed by atoms with Gasteiger partial charge in [-0.3, -0.25) is 4.90 Å². The Morgan fingerprint density at radius 1 is 1.12 bits per heavy atom. The molecule has 1 aromatic carbocycles. The van der Waals surface area contributed by atoms with Crippen molar-refractivity contribution in [2.24, 2.45) is 0 Å². The number of anilines is 3. The molecule has 1 aliphatic heterocycles. The van der Waals surface area contributed by atoms with Crippen molar-refractivity contribution in [3.8, 4) is 0 Å². The summed E-state index contributed by atoms with van der Waals surface area (Å²) >= 11 is 0. The van der Waals surface area contributed by atoms with Crippen LogP contribution in [0, 0.1) is 0 Å². The fraction of sp³-hybridized carbons (Fsp3) is 0.474. The second kappa shape index (κ2) is 8.78. The summed E-state index contributed by atoms with van der Waals surface area (Å²) in [5.74, 6) is 2.10. The molecule has 2 N–H and O–H groups in total. The van der Waals surface area contributed by atoms with E-state index in [0.717, 1.165) is 56.7 Å². The largest absolute Gasteiger partial charge is 0.379 e. The van der Waals surface area contributed by atoms with E-state index in [-0.39, 0.29) is 0 Å². The Morgan fingerprint density at radius 2 is 1.88 bits per heavy atom. The molecule has 0 saturated carbocycles. The molecule has 0 unspecified atom stereocenters. The van der Waals surface area contributed by atoms with Gasteiger partial charge in [0.1, 0.15) is 18.0 Å². The fourth-order valence-corrected chi connectivity index (χ4v) is 2.94. The summed E-state index contributed by atoms with van der Waals surface area (Å²) in [5.41, 5.74) is 2.37. The average molecular weight is 341 g/mol. The van der Waals surface area contributed by atoms with Crippen LogP contribution in [0.5, 0.6) is 0 Å². The van der Waals surface area contributed by atoms with Crippen molar-refractivity contribution in [2.45, 2.75) is 19.8 Å². The molecule has 1 fully saturated rings. The van der Waals surface area contributed by atoms with Crippen molar-refractivity contribution in [3.05, 3.63) is 42.2 Å². The highest BCUT2D eigenvalue weighted by atomic mass is 16.5. The molecule has 0 spiro atoms. The van der Waals surface area contributed by atoms with Gasteiger partial charge in [0.25, 0.3) is 0 Å². The van der Waals surface area contributed by atoms with Gasteiger partial charge in [-0.1, -0.05) is 32.0 Å². The fourth-order valence-electron chi connectivity index (χ4n) is 2.94. The standard InChI is InChI=1S/C19H27N5O/c1-15(2)16-5-3-4-6-17(16)23-19-13-18(21-14-22-19)20-7-8-24-9-11-25-12-10-24/h3-6,13-15H,7-12H2,1-2H3,(H2,20,21,22,23). The molecule has 6 heteroatoms. The molecule has 134 valence electrons. The van der Waals surface area contributed by atoms with E-state index in [1.165, 1.54) is 5.56 Å². The molecule has 6 nitrogen and oxygen atoms in total. The van der Waals surface area contributed by atoms with Gasteiger partial charge in [-0.05, 0) is 17.5 Å². The maximum Gasteiger partial charge on any atom is 0.135 e. The van der Waals surface area contributed by atoms with Crippen LogP contribution in [0.25, 0.3) is 0 Å². The topological polar surface area (TPSA) is 62.3 Å². The minimum Gasteiger partial charge on any atom is -0.379 e. The van der Waals surface area contributed by atoms with Crippen molar-refractivity contribution >= 4 is 17.3 Å². The SMILES string of the molecule is CC(C)c1ccccc1Nc1cc(NCCN2CCOCC2)ncn1. The Balaban J connectivity index is 1.58. The highest BCUT2D eigenvalue weighted by Gasteiger charge is 2.10. The van der Waals surface area contributed by atoms with Gasteiger partial charge >= 0.3 is 0 Å². The van der Waals surface area contributed by atoms with Crippen LogP contribution in [0.2, 0.25) is 0 Å². The number of para-hydroxylation sites is 1. The maximum atomic E-state index is 5.37. The lowest BCUT2D eigenvalue weighted by Crippen LogP contribution is -2.39. The van der Waals surface area contributed by atoms with E-state index in [4.69, 9.17) is 4.74 Å². The number of benzene rings is 1. The summed E-state index contributed by atoms with van der Waals surface area (Å²) < 4.78 is 5.37. The van der Waals surface area contributed by atoms with E-state index in [2.05, 4.69) is 57.5 Å². The number of nitrogens with one attached hydrogen (secondary N) is 2. The van der Waals surface area contributed by atoms with Crippen molar-refractivity contribution in [2.75, 3.05) is 50.0 Å². The van der Waals surface area contributed by atoms with Crippen LogP contribution in [0.3, 0.4) is 0 Å². The molecule has 3 rings (SSSR count). The molecule has 1 aromatic heterocycles. The monoisotopic (exact) mass is 341 g/mol. The van der Waals surface area contributed by atoms with Crippen LogP contribution in [0.15, 0.2) is 36.7 Å². The zero-order valence-electron chi connectivity index (χ0n) is 15.0. The number of ether oxygens (including phenoxy) is 1. The predicted molar refractivity (Wildman–Crippen MR) is 102 cm³/mol. The lowest BCUT2D eigenvalue weighted by atomic mass is 10.0. The first-order valence-electron chi connectivity index (χ1n) is 8.94. The van der Waals surface area contributed by atoms with Crippen molar-refractivity contribution in [1.82, 2.24) is 14.9 Å². The normalized spacial score (nSPS) is 15.3. The number of rotatable bonds is 7. The van der Waals surface area contributed by atoms with E-state index in [1.807, 2.05) is 12.1 Å². The Kier molecular flexibility index (Phi) is 6.19. The molecule has 25 heavy (non-hydrogen) atoms. The summed E-state index contributed by atoms with van der Waals surface area (Å²) in [6, 6.07) is 10.3. The molecule has 1 saturated heterocycles. The molecule has 0 radical (unpaired) electrons. The van der Waals surface area contributed by atoms with Gasteiger partial charge < -0.3 is 15.4 Å². The number of nitrogens with zero attached hydrogens (tertiary/aromatic N) is 3. The van der Waals surface area contributed by atoms with Crippen molar-refractivity contribution in [3.63, 3.8) is 0 Å². The van der Waals surface area contributed by atoms with E-state index >= 15 is 0 Å². The molecule has 0 amide bonds. The molecule has 2 heterocycles. The molecule has 2 aromatic rings. The van der Waals surface area contributed by atoms with Crippen LogP contribution < -0.4 is 10.6 Å². The van der Waals surface area contributed by atoms with Gasteiger partial charge in [-0.15, -0.1) is 0 Å². The smallest absolute Gasteiger partial charge is 0.135 e. The van der Waals surface area contributed by atoms with Gasteiger partial charge in [0.15, 0.2) is 0 Å². The third kappa shape index (κ3) is 5.14. The molecule has 0 bridgehead atoms. The summed E-state index contributed by atoms with van der Waals surface area (Å²) in [5, 5.41) is 6.80.